The first kappa shape index (κ1) is 26.5. The third-order valence-corrected chi connectivity index (χ3v) is 6.62. The minimum absolute atomic E-state index is 0.0868. The Morgan fingerprint density at radius 1 is 1.16 bits per heavy atom. The topological polar surface area (TPSA) is 100 Å². The summed E-state index contributed by atoms with van der Waals surface area (Å²) in [7, 11) is 0. The number of carboxylic acids is 1. The second-order valence-electron chi connectivity index (χ2n) is 9.23. The third-order valence-electron chi connectivity index (χ3n) is 6.62. The second-order valence-corrected chi connectivity index (χ2v) is 9.23. The number of pyridine rings is 1. The van der Waals surface area contributed by atoms with E-state index in [9.17, 15) is 27.2 Å². The molecule has 2 aromatic rings. The summed E-state index contributed by atoms with van der Waals surface area (Å²) in [5.74, 6) is -3.23. The van der Waals surface area contributed by atoms with E-state index in [4.69, 9.17) is 14.6 Å². The van der Waals surface area contributed by atoms with Crippen LogP contribution in [0.25, 0.3) is 0 Å². The zero-order valence-corrected chi connectivity index (χ0v) is 19.7. The number of carboxylic acid groups (broad SMARTS) is 1. The quantitative estimate of drug-likeness (QED) is 0.619. The molecule has 1 N–H and O–H groups in total. The number of aromatic nitrogens is 1. The van der Waals surface area contributed by atoms with Crippen LogP contribution in [0.3, 0.4) is 0 Å². The molecule has 3 fully saturated rings. The van der Waals surface area contributed by atoms with Crippen molar-refractivity contribution in [2.45, 2.75) is 37.1 Å². The monoisotopic (exact) mass is 523 g/mol. The molecule has 1 spiro atoms. The predicted octanol–water partition coefficient (Wildman–Crippen LogP) is 2.99. The van der Waals surface area contributed by atoms with E-state index in [-0.39, 0.29) is 36.0 Å². The smallest absolute Gasteiger partial charge is 0.475 e. The van der Waals surface area contributed by atoms with Gasteiger partial charge in [-0.05, 0) is 42.2 Å². The van der Waals surface area contributed by atoms with Crippen molar-refractivity contribution in [3.05, 3.63) is 65.7 Å². The maximum absolute atomic E-state index is 13.7. The number of benzene rings is 1. The van der Waals surface area contributed by atoms with Gasteiger partial charge in [0.05, 0.1) is 13.2 Å². The van der Waals surface area contributed by atoms with Crippen LogP contribution in [0, 0.1) is 11.7 Å². The van der Waals surface area contributed by atoms with Gasteiger partial charge in [0.15, 0.2) is 5.60 Å². The van der Waals surface area contributed by atoms with Crippen molar-refractivity contribution < 1.29 is 41.8 Å². The van der Waals surface area contributed by atoms with Crippen molar-refractivity contribution >= 4 is 17.8 Å². The van der Waals surface area contributed by atoms with Crippen LogP contribution in [-0.2, 0) is 25.7 Å². The van der Waals surface area contributed by atoms with Crippen LogP contribution in [0.1, 0.15) is 29.9 Å². The Labute approximate surface area is 209 Å². The van der Waals surface area contributed by atoms with Crippen LogP contribution < -0.4 is 0 Å². The highest BCUT2D eigenvalue weighted by atomic mass is 19.4. The summed E-state index contributed by atoms with van der Waals surface area (Å²) >= 11 is 0. The van der Waals surface area contributed by atoms with E-state index in [1.807, 2.05) is 12.1 Å². The van der Waals surface area contributed by atoms with E-state index in [1.165, 1.54) is 12.1 Å². The van der Waals surface area contributed by atoms with Gasteiger partial charge < -0.3 is 19.6 Å². The van der Waals surface area contributed by atoms with Gasteiger partial charge in [0.1, 0.15) is 5.82 Å². The number of alkyl halides is 3. The Morgan fingerprint density at radius 3 is 2.41 bits per heavy atom. The number of carbonyl (C=O) groups is 3. The molecule has 3 aliphatic rings. The normalized spacial score (nSPS) is 23.6. The summed E-state index contributed by atoms with van der Waals surface area (Å²) in [6.07, 6.45) is 0.215. The van der Waals surface area contributed by atoms with Crippen molar-refractivity contribution in [2.75, 3.05) is 26.2 Å². The summed E-state index contributed by atoms with van der Waals surface area (Å²) in [4.78, 5) is 43.2. The van der Waals surface area contributed by atoms with Crippen LogP contribution in [0.4, 0.5) is 17.6 Å². The lowest BCUT2D eigenvalue weighted by Crippen LogP contribution is -2.60. The fraction of sp³-hybridized carbons (Fsp3) is 0.440. The molecular formula is C25H25F4N3O5. The summed E-state index contributed by atoms with van der Waals surface area (Å²) in [6, 6.07) is 9.99. The minimum atomic E-state index is -5.08. The largest absolute Gasteiger partial charge is 0.490 e. The lowest BCUT2D eigenvalue weighted by molar-refractivity contribution is -0.192. The Kier molecular flexibility index (Phi) is 7.49. The summed E-state index contributed by atoms with van der Waals surface area (Å²) in [5.41, 5.74) is 0.662. The zero-order chi connectivity index (χ0) is 26.8. The average molecular weight is 523 g/mol. The number of rotatable bonds is 4. The second kappa shape index (κ2) is 10.4. The fourth-order valence-corrected chi connectivity index (χ4v) is 4.63. The molecule has 37 heavy (non-hydrogen) atoms. The SMILES string of the molecule is O=C(C1CC1)N1CC(c2cccnc2)C2(C1)OCCN(Cc1ccc(F)cc1)C2=O.O=C(O)C(F)(F)F. The van der Waals surface area contributed by atoms with E-state index in [1.54, 1.807) is 34.3 Å². The van der Waals surface area contributed by atoms with Gasteiger partial charge in [-0.25, -0.2) is 9.18 Å². The minimum Gasteiger partial charge on any atom is -0.475 e. The highest BCUT2D eigenvalue weighted by Crippen LogP contribution is 2.44. The lowest BCUT2D eigenvalue weighted by Gasteiger charge is -2.42. The van der Waals surface area contributed by atoms with Gasteiger partial charge in [0.25, 0.3) is 5.91 Å². The van der Waals surface area contributed by atoms with E-state index in [0.29, 0.717) is 26.2 Å². The maximum Gasteiger partial charge on any atom is 0.490 e. The molecule has 2 unspecified atom stereocenters. The van der Waals surface area contributed by atoms with E-state index in [2.05, 4.69) is 4.98 Å². The van der Waals surface area contributed by atoms with Crippen molar-refractivity contribution in [3.8, 4) is 0 Å². The molecule has 198 valence electrons. The highest BCUT2D eigenvalue weighted by Gasteiger charge is 2.58. The van der Waals surface area contributed by atoms with Gasteiger partial charge in [-0.3, -0.25) is 14.6 Å². The number of hydrogen-bond donors (Lipinski definition) is 1. The van der Waals surface area contributed by atoms with Crippen molar-refractivity contribution in [1.82, 2.24) is 14.8 Å². The molecular weight excluding hydrogens is 498 g/mol. The number of halogens is 4. The van der Waals surface area contributed by atoms with Gasteiger partial charge in [0.2, 0.25) is 5.91 Å². The Balaban J connectivity index is 0.000000405. The number of nitrogens with zero attached hydrogens (tertiary/aromatic N) is 3. The standard InChI is InChI=1S/C23H24FN3O3.C2HF3O2/c24-19-7-3-16(4-8-19)13-26-10-11-30-23(22(26)29)15-27(21(28)17-5-6-17)14-20(23)18-2-1-9-25-12-18;3-2(4,5)1(6)7/h1-4,7-9,12,17,20H,5-6,10-11,13-15H2;(H,6,7). The van der Waals surface area contributed by atoms with Gasteiger partial charge in [-0.15, -0.1) is 0 Å². The molecule has 5 rings (SSSR count). The van der Waals surface area contributed by atoms with E-state index in [0.717, 1.165) is 24.0 Å². The van der Waals surface area contributed by atoms with E-state index >= 15 is 0 Å². The Bertz CT molecular complexity index is 1140. The van der Waals surface area contributed by atoms with Crippen LogP contribution in [-0.4, -0.2) is 75.7 Å². The number of likely N-dealkylation sites (tertiary alicyclic amines) is 1. The van der Waals surface area contributed by atoms with Crippen molar-refractivity contribution in [2.24, 2.45) is 5.92 Å². The van der Waals surface area contributed by atoms with Gasteiger partial charge >= 0.3 is 12.1 Å². The Hall–Kier alpha value is -3.54. The predicted molar refractivity (Wildman–Crippen MR) is 120 cm³/mol. The molecule has 2 atom stereocenters. The molecule has 12 heteroatoms. The average Bonchev–Trinajstić information content (AvgIpc) is 3.65. The molecule has 1 saturated carbocycles. The Morgan fingerprint density at radius 2 is 1.84 bits per heavy atom. The summed E-state index contributed by atoms with van der Waals surface area (Å²) in [5, 5.41) is 7.12. The molecule has 3 heterocycles. The molecule has 1 aromatic heterocycles. The highest BCUT2D eigenvalue weighted by molar-refractivity contribution is 5.90. The summed E-state index contributed by atoms with van der Waals surface area (Å²) < 4.78 is 51.2. The van der Waals surface area contributed by atoms with Gasteiger partial charge in [0, 0.05) is 43.9 Å². The first-order valence-electron chi connectivity index (χ1n) is 11.7. The first-order valence-corrected chi connectivity index (χ1v) is 11.7. The van der Waals surface area contributed by atoms with Crippen LogP contribution in [0.5, 0.6) is 0 Å². The van der Waals surface area contributed by atoms with E-state index < -0.39 is 17.7 Å². The van der Waals surface area contributed by atoms with Crippen molar-refractivity contribution in [3.63, 3.8) is 0 Å². The number of amides is 2. The molecule has 1 aliphatic carbocycles. The summed E-state index contributed by atoms with van der Waals surface area (Å²) in [6.45, 7) is 1.97. The molecule has 8 nitrogen and oxygen atoms in total. The van der Waals surface area contributed by atoms with Crippen LogP contribution >= 0.6 is 0 Å². The molecule has 2 aliphatic heterocycles. The molecule has 0 bridgehead atoms. The van der Waals surface area contributed by atoms with Crippen molar-refractivity contribution in [1.29, 1.82) is 0 Å². The first-order chi connectivity index (χ1) is 17.5. The number of aliphatic carboxylic acids is 1. The fourth-order valence-electron chi connectivity index (χ4n) is 4.63. The zero-order valence-electron chi connectivity index (χ0n) is 19.7. The number of ether oxygens (including phenoxy) is 1. The molecule has 0 radical (unpaired) electrons. The number of carbonyl (C=O) groups excluding carboxylic acids is 2. The van der Waals surface area contributed by atoms with Gasteiger partial charge in [-0.1, -0.05) is 18.2 Å². The third kappa shape index (κ3) is 5.90. The maximum atomic E-state index is 13.7. The van der Waals surface area contributed by atoms with Crippen LogP contribution in [0.2, 0.25) is 0 Å². The number of hydrogen-bond acceptors (Lipinski definition) is 5. The van der Waals surface area contributed by atoms with Crippen LogP contribution in [0.15, 0.2) is 48.8 Å². The lowest BCUT2D eigenvalue weighted by atomic mass is 9.83. The molecule has 1 aromatic carbocycles. The molecule has 2 amide bonds. The molecule has 2 saturated heterocycles. The van der Waals surface area contributed by atoms with Gasteiger partial charge in [-0.2, -0.15) is 13.2 Å². The number of morpholine rings is 1.